The quantitative estimate of drug-likeness (QED) is 0.361. The number of benzene rings is 1. The molecule has 0 bridgehead atoms. The highest BCUT2D eigenvalue weighted by molar-refractivity contribution is 6.74. The van der Waals surface area contributed by atoms with E-state index in [4.69, 9.17) is 8.85 Å². The summed E-state index contributed by atoms with van der Waals surface area (Å²) in [6.07, 6.45) is 0.364. The van der Waals surface area contributed by atoms with Gasteiger partial charge in [-0.2, -0.15) is 0 Å². The fourth-order valence-electron chi connectivity index (χ4n) is 1.75. The molecule has 1 aromatic rings. The van der Waals surface area contributed by atoms with Crippen molar-refractivity contribution < 1.29 is 18.8 Å². The van der Waals surface area contributed by atoms with E-state index in [1.54, 1.807) is 19.1 Å². The highest BCUT2D eigenvalue weighted by Crippen LogP contribution is 2.21. The summed E-state index contributed by atoms with van der Waals surface area (Å²) in [5, 5.41) is 9.78. The summed E-state index contributed by atoms with van der Waals surface area (Å²) in [6, 6.07) is 8.06. The van der Waals surface area contributed by atoms with Gasteiger partial charge in [0.15, 0.2) is 18.1 Å². The molecular weight excluding hydrogens is 288 g/mol. The molecule has 1 rings (SSSR count). The number of hydrogen-bond acceptors (Lipinski definition) is 4. The molecule has 0 aromatic heterocycles. The molecule has 4 nitrogen and oxygen atoms in total. The third-order valence-corrected chi connectivity index (χ3v) is 8.31. The molecule has 110 valence electrons. The largest absolute Gasteiger partial charge is 0.508 e. The van der Waals surface area contributed by atoms with Crippen LogP contribution in [-0.2, 0) is 19.7 Å². The second-order valence-corrected chi connectivity index (χ2v) is 11.2. The van der Waals surface area contributed by atoms with Crippen molar-refractivity contribution in [2.75, 3.05) is 6.23 Å². The van der Waals surface area contributed by atoms with Crippen LogP contribution in [0.5, 0.6) is 5.75 Å². The van der Waals surface area contributed by atoms with Crippen molar-refractivity contribution in [2.24, 2.45) is 0 Å². The van der Waals surface area contributed by atoms with E-state index < -0.39 is 18.1 Å². The van der Waals surface area contributed by atoms with Crippen LogP contribution in [0.25, 0.3) is 0 Å². The van der Waals surface area contributed by atoms with Crippen LogP contribution in [0.1, 0.15) is 12.5 Å². The van der Waals surface area contributed by atoms with E-state index in [0.29, 0.717) is 17.6 Å². The van der Waals surface area contributed by atoms with Crippen LogP contribution in [0.3, 0.4) is 0 Å². The maximum absolute atomic E-state index is 11.2. The van der Waals surface area contributed by atoms with Crippen molar-refractivity contribution in [3.8, 4) is 5.75 Å². The van der Waals surface area contributed by atoms with Crippen LogP contribution < -0.4 is 0 Å². The van der Waals surface area contributed by atoms with E-state index >= 15 is 0 Å². The first-order valence-corrected chi connectivity index (χ1v) is 11.2. The number of aromatic hydroxyl groups is 1. The number of carbonyl (C=O) groups excluding carboxylic acids is 1. The lowest BCUT2D eigenvalue weighted by Gasteiger charge is -2.23. The molecule has 0 radical (unpaired) electrons. The van der Waals surface area contributed by atoms with Crippen molar-refractivity contribution in [1.29, 1.82) is 0 Å². The first-order valence-electron chi connectivity index (χ1n) is 6.55. The monoisotopic (exact) mass is 310 g/mol. The number of ether oxygens (including phenoxy) is 1. The molecule has 0 atom stereocenters. The fourth-order valence-corrected chi connectivity index (χ4v) is 6.18. The van der Waals surface area contributed by atoms with Crippen LogP contribution in [0.2, 0.25) is 13.1 Å². The Morgan fingerprint density at radius 3 is 2.65 bits per heavy atom. The molecule has 0 saturated heterocycles. The van der Waals surface area contributed by atoms with Gasteiger partial charge >= 0.3 is 5.97 Å². The van der Waals surface area contributed by atoms with Gasteiger partial charge in [0.1, 0.15) is 12.0 Å². The Balaban J connectivity index is 2.40. The van der Waals surface area contributed by atoms with Crippen molar-refractivity contribution in [3.05, 3.63) is 42.0 Å². The summed E-state index contributed by atoms with van der Waals surface area (Å²) >= 11 is 0. The Morgan fingerprint density at radius 2 is 2.05 bits per heavy atom. The summed E-state index contributed by atoms with van der Waals surface area (Å²) in [7, 11) is -2.79. The normalized spacial score (nSPS) is 11.8. The van der Waals surface area contributed by atoms with Gasteiger partial charge in [-0.1, -0.05) is 24.8 Å². The van der Waals surface area contributed by atoms with E-state index in [0.717, 1.165) is 11.6 Å². The van der Waals surface area contributed by atoms with E-state index in [9.17, 15) is 9.90 Å². The third-order valence-electron chi connectivity index (χ3n) is 2.77. The summed E-state index contributed by atoms with van der Waals surface area (Å²) in [5.41, 5.74) is 1.32. The summed E-state index contributed by atoms with van der Waals surface area (Å²) in [5.74, 6) is -0.0478. The summed E-state index contributed by atoms with van der Waals surface area (Å²) in [6.45, 7) is 9.36. The highest BCUT2D eigenvalue weighted by atomic mass is 28.4. The van der Waals surface area contributed by atoms with Crippen molar-refractivity contribution in [3.63, 3.8) is 0 Å². The SMILES string of the molecule is C=C(C)C(=O)OC[SiH2]O[Si](C)(C)Cc1ccccc1O. The van der Waals surface area contributed by atoms with Gasteiger partial charge in [-0.05, 0) is 37.7 Å². The number of carbonyl (C=O) groups is 1. The number of para-hydroxylation sites is 1. The van der Waals surface area contributed by atoms with E-state index in [2.05, 4.69) is 19.7 Å². The first-order chi connectivity index (χ1) is 9.32. The number of phenolic OH excluding ortho intramolecular Hbond substituents is 1. The molecule has 1 aromatic carbocycles. The van der Waals surface area contributed by atoms with Crippen LogP contribution >= 0.6 is 0 Å². The minimum absolute atomic E-state index is 0.312. The minimum Gasteiger partial charge on any atom is -0.508 e. The van der Waals surface area contributed by atoms with Gasteiger partial charge in [0.05, 0.1) is 0 Å². The molecule has 0 heterocycles. The summed E-state index contributed by atoms with van der Waals surface area (Å²) in [4.78, 5) is 11.2. The summed E-state index contributed by atoms with van der Waals surface area (Å²) < 4.78 is 11.0. The molecule has 6 heteroatoms. The molecular formula is C14H22O4Si2. The van der Waals surface area contributed by atoms with E-state index in [-0.39, 0.29) is 5.97 Å². The third kappa shape index (κ3) is 5.72. The maximum atomic E-state index is 11.2. The van der Waals surface area contributed by atoms with Gasteiger partial charge in [-0.15, -0.1) is 0 Å². The van der Waals surface area contributed by atoms with Crippen molar-refractivity contribution >= 4 is 24.0 Å². The number of rotatable bonds is 7. The van der Waals surface area contributed by atoms with Crippen LogP contribution in [0.15, 0.2) is 36.4 Å². The Morgan fingerprint density at radius 1 is 1.40 bits per heavy atom. The van der Waals surface area contributed by atoms with Gasteiger partial charge in [-0.25, -0.2) is 4.79 Å². The fraction of sp³-hybridized carbons (Fsp3) is 0.357. The molecule has 0 unspecified atom stereocenters. The van der Waals surface area contributed by atoms with Crippen molar-refractivity contribution in [1.82, 2.24) is 0 Å². The van der Waals surface area contributed by atoms with Gasteiger partial charge in [0.25, 0.3) is 0 Å². The van der Waals surface area contributed by atoms with Gasteiger partial charge in [-0.3, -0.25) is 0 Å². The minimum atomic E-state index is -1.89. The Bertz CT molecular complexity index is 486. The molecule has 0 spiro atoms. The van der Waals surface area contributed by atoms with Gasteiger partial charge in [0, 0.05) is 5.57 Å². The zero-order chi connectivity index (χ0) is 15.2. The average molecular weight is 310 g/mol. The molecule has 20 heavy (non-hydrogen) atoms. The van der Waals surface area contributed by atoms with Gasteiger partial charge < -0.3 is 14.0 Å². The van der Waals surface area contributed by atoms with E-state index in [1.165, 1.54) is 0 Å². The van der Waals surface area contributed by atoms with Crippen LogP contribution in [0, 0.1) is 0 Å². The molecule has 0 aliphatic rings. The molecule has 0 aliphatic carbocycles. The molecule has 0 saturated carbocycles. The predicted molar refractivity (Wildman–Crippen MR) is 84.7 cm³/mol. The number of hydrogen-bond donors (Lipinski definition) is 1. The topological polar surface area (TPSA) is 55.8 Å². The lowest BCUT2D eigenvalue weighted by atomic mass is 10.2. The Hall–Kier alpha value is -1.38. The second kappa shape index (κ2) is 7.42. The predicted octanol–water partition coefficient (Wildman–Crippen LogP) is 1.86. The second-order valence-electron chi connectivity index (χ2n) is 5.33. The first kappa shape index (κ1) is 16.7. The standard InChI is InChI=1S/C14H22O4Si2/c1-11(2)14(16)17-10-19-18-20(3,4)9-12-7-5-6-8-13(12)15/h5-8,15H,1,9-10,19H2,2-4H3. The van der Waals surface area contributed by atoms with Gasteiger partial charge in [0.2, 0.25) is 0 Å². The van der Waals surface area contributed by atoms with Crippen molar-refractivity contribution in [2.45, 2.75) is 26.1 Å². The maximum Gasteiger partial charge on any atom is 0.332 e. The Labute approximate surface area is 123 Å². The molecule has 1 N–H and O–H groups in total. The van der Waals surface area contributed by atoms with E-state index in [1.807, 2.05) is 12.1 Å². The van der Waals surface area contributed by atoms with Crippen LogP contribution in [-0.4, -0.2) is 35.4 Å². The molecule has 0 fully saturated rings. The molecule has 0 amide bonds. The highest BCUT2D eigenvalue weighted by Gasteiger charge is 2.24. The zero-order valence-electron chi connectivity index (χ0n) is 12.3. The lowest BCUT2D eigenvalue weighted by molar-refractivity contribution is -0.137. The van der Waals surface area contributed by atoms with Crippen LogP contribution in [0.4, 0.5) is 0 Å². The smallest absolute Gasteiger partial charge is 0.332 e. The number of esters is 1. The number of phenols is 1. The zero-order valence-corrected chi connectivity index (χ0v) is 14.7. The average Bonchev–Trinajstić information content (AvgIpc) is 2.37. The lowest BCUT2D eigenvalue weighted by Crippen LogP contribution is -2.36. The molecule has 0 aliphatic heterocycles. The Kier molecular flexibility index (Phi) is 6.19.